The zero-order valence-corrected chi connectivity index (χ0v) is 36.2. The lowest BCUT2D eigenvalue weighted by molar-refractivity contribution is -0.323. The third-order valence-electron chi connectivity index (χ3n) is 9.59. The summed E-state index contributed by atoms with van der Waals surface area (Å²) in [5.41, 5.74) is 0.216. The molecule has 2 fully saturated rings. The number of carbonyl (C=O) groups is 8. The molecule has 348 valence electrons. The number of ketones is 1. The second-order valence-corrected chi connectivity index (χ2v) is 14.7. The molecule has 2 saturated heterocycles. The van der Waals surface area contributed by atoms with Crippen LogP contribution in [0.25, 0.3) is 0 Å². The molecule has 1 N–H and O–H groups in total. The van der Waals surface area contributed by atoms with E-state index in [1.165, 1.54) is 39.2 Å². The number of fused-ring (bicyclic) bond motifs is 1. The minimum Gasteiger partial charge on any atom is -0.507 e. The van der Waals surface area contributed by atoms with E-state index in [2.05, 4.69) is 0 Å². The summed E-state index contributed by atoms with van der Waals surface area (Å²) >= 11 is 0. The van der Waals surface area contributed by atoms with Gasteiger partial charge < -0.3 is 66.7 Å². The molecule has 0 aromatic heterocycles. The first kappa shape index (κ1) is 48.5. The van der Waals surface area contributed by atoms with Crippen LogP contribution in [0.15, 0.2) is 30.3 Å². The third kappa shape index (κ3) is 11.9. The largest absolute Gasteiger partial charge is 0.507 e. The number of benzene rings is 2. The van der Waals surface area contributed by atoms with Crippen molar-refractivity contribution >= 4 is 47.6 Å². The Labute approximate surface area is 365 Å². The summed E-state index contributed by atoms with van der Waals surface area (Å²) in [6.45, 7) is 8.37. The fourth-order valence-corrected chi connectivity index (χ4v) is 7.31. The number of rotatable bonds is 14. The lowest BCUT2D eigenvalue weighted by atomic mass is 9.95. The van der Waals surface area contributed by atoms with Crippen molar-refractivity contribution in [1.82, 2.24) is 0 Å². The van der Waals surface area contributed by atoms with Crippen LogP contribution in [0, 0.1) is 0 Å². The average Bonchev–Trinajstić information content (AvgIpc) is 3.17. The molecule has 3 heterocycles. The van der Waals surface area contributed by atoms with Crippen LogP contribution in [-0.2, 0) is 76.2 Å². The molecule has 0 bridgehead atoms. The molecule has 0 radical (unpaired) electrons. The molecular weight excluding hydrogens is 856 g/mol. The van der Waals surface area contributed by atoms with Gasteiger partial charge in [0.25, 0.3) is 0 Å². The first-order chi connectivity index (χ1) is 30.1. The van der Waals surface area contributed by atoms with Gasteiger partial charge in [-0.15, -0.1) is 0 Å². The Kier molecular flexibility index (Phi) is 15.7. The van der Waals surface area contributed by atoms with Gasteiger partial charge in [0.2, 0.25) is 12.4 Å². The molecule has 22 heteroatoms. The number of Topliss-reactive ketones (excluding diaryl/α,β-unsaturated/α-hetero) is 1. The third-order valence-corrected chi connectivity index (χ3v) is 9.59. The van der Waals surface area contributed by atoms with Gasteiger partial charge in [0.15, 0.2) is 54.1 Å². The van der Waals surface area contributed by atoms with Crippen LogP contribution in [0.3, 0.4) is 0 Å². The molecule has 22 nitrogen and oxygen atoms in total. The van der Waals surface area contributed by atoms with Crippen molar-refractivity contribution in [2.24, 2.45) is 0 Å². The average molecular weight is 905 g/mol. The molecule has 11 unspecified atom stereocenters. The van der Waals surface area contributed by atoms with Crippen LogP contribution in [0.5, 0.6) is 28.7 Å². The smallest absolute Gasteiger partial charge is 0.308 e. The summed E-state index contributed by atoms with van der Waals surface area (Å²) in [5.74, 6) is -6.99. The topological polar surface area (TPSA) is 277 Å². The second-order valence-electron chi connectivity index (χ2n) is 14.7. The number of phenols is 1. The van der Waals surface area contributed by atoms with Crippen molar-refractivity contribution in [1.29, 1.82) is 0 Å². The standard InChI is InChI=1S/C42H48O22/c1-17-35(56-19(3)44)37(58-21(5)46)39(60-23(7)48)41(54-17)53-16-33-36(57-20(4)45)38(59-22(6)47)40(61-24(8)49)42(64-33)62-26-13-27(50)34-28(51)15-30(63-32(34)14-26)25-10-11-29(52-9)31(12-25)55-18(2)43/h10-14,17,30,33,35-42,50H,15-16H2,1-9H3. The van der Waals surface area contributed by atoms with Gasteiger partial charge in [0.05, 0.1) is 26.2 Å². The molecule has 64 heavy (non-hydrogen) atoms. The zero-order valence-electron chi connectivity index (χ0n) is 36.2. The molecule has 3 aliphatic heterocycles. The number of methoxy groups -OCH3 is 1. The summed E-state index contributed by atoms with van der Waals surface area (Å²) < 4.78 is 74.1. The fourth-order valence-electron chi connectivity index (χ4n) is 7.31. The van der Waals surface area contributed by atoms with E-state index < -0.39 is 127 Å². The molecule has 0 saturated carbocycles. The number of carbonyl (C=O) groups excluding carboxylic acids is 8. The van der Waals surface area contributed by atoms with Crippen molar-refractivity contribution in [3.05, 3.63) is 41.5 Å². The van der Waals surface area contributed by atoms with Gasteiger partial charge in [-0.2, -0.15) is 0 Å². The highest BCUT2D eigenvalue weighted by molar-refractivity contribution is 6.02. The quantitative estimate of drug-likeness (QED) is 0.162. The highest BCUT2D eigenvalue weighted by atomic mass is 16.8. The van der Waals surface area contributed by atoms with Gasteiger partial charge in [-0.25, -0.2) is 0 Å². The Balaban J connectivity index is 1.51. The number of phenolic OH excluding ortho intramolecular Hbond substituents is 1. The molecule has 2 aromatic carbocycles. The number of hydrogen-bond acceptors (Lipinski definition) is 22. The molecule has 5 rings (SSSR count). The highest BCUT2D eigenvalue weighted by Gasteiger charge is 2.55. The lowest BCUT2D eigenvalue weighted by Crippen LogP contribution is -2.64. The Morgan fingerprint density at radius 3 is 1.73 bits per heavy atom. The normalized spacial score (nSPS) is 27.3. The first-order valence-corrected chi connectivity index (χ1v) is 19.7. The van der Waals surface area contributed by atoms with Crippen molar-refractivity contribution < 1.29 is 105 Å². The second kappa shape index (κ2) is 20.8. The van der Waals surface area contributed by atoms with Crippen LogP contribution >= 0.6 is 0 Å². The maximum absolute atomic E-state index is 13.4. The Hall–Kier alpha value is -6.52. The van der Waals surface area contributed by atoms with E-state index in [1.54, 1.807) is 6.07 Å². The zero-order chi connectivity index (χ0) is 47.2. The number of ether oxygens (including phenoxy) is 13. The lowest BCUT2D eigenvalue weighted by Gasteiger charge is -2.46. The van der Waals surface area contributed by atoms with E-state index in [4.69, 9.17) is 61.6 Å². The van der Waals surface area contributed by atoms with E-state index in [0.29, 0.717) is 5.56 Å². The minimum atomic E-state index is -1.77. The van der Waals surface area contributed by atoms with Gasteiger partial charge in [-0.3, -0.25) is 38.4 Å². The highest BCUT2D eigenvalue weighted by Crippen LogP contribution is 2.44. The number of aromatic hydroxyl groups is 1. The predicted molar refractivity (Wildman–Crippen MR) is 208 cm³/mol. The van der Waals surface area contributed by atoms with Crippen LogP contribution in [0.4, 0.5) is 0 Å². The molecule has 0 aliphatic carbocycles. The molecule has 11 atom stereocenters. The summed E-state index contributed by atoms with van der Waals surface area (Å²) in [7, 11) is 1.38. The Bertz CT molecular complexity index is 2130. The summed E-state index contributed by atoms with van der Waals surface area (Å²) in [6, 6.07) is 6.86. The minimum absolute atomic E-state index is 0.0648. The first-order valence-electron chi connectivity index (χ1n) is 19.7. The summed E-state index contributed by atoms with van der Waals surface area (Å²) in [4.78, 5) is 99.4. The van der Waals surface area contributed by atoms with Gasteiger partial charge in [-0.05, 0) is 24.6 Å². The molecule has 3 aliphatic rings. The maximum atomic E-state index is 13.4. The molecule has 2 aromatic rings. The van der Waals surface area contributed by atoms with Crippen LogP contribution in [0.1, 0.15) is 83.8 Å². The van der Waals surface area contributed by atoms with Gasteiger partial charge >= 0.3 is 41.8 Å². The van der Waals surface area contributed by atoms with E-state index in [-0.39, 0.29) is 35.0 Å². The summed E-state index contributed by atoms with van der Waals surface area (Å²) in [6.07, 6.45) is -16.3. The number of esters is 7. The van der Waals surface area contributed by atoms with Crippen LogP contribution < -0.4 is 18.9 Å². The van der Waals surface area contributed by atoms with Crippen LogP contribution in [-0.4, -0.2) is 128 Å². The monoisotopic (exact) mass is 904 g/mol. The van der Waals surface area contributed by atoms with E-state index >= 15 is 0 Å². The molecule has 0 spiro atoms. The summed E-state index contributed by atoms with van der Waals surface area (Å²) in [5, 5.41) is 11.1. The number of hydrogen-bond donors (Lipinski definition) is 1. The fraction of sp³-hybridized carbons (Fsp3) is 0.524. The Morgan fingerprint density at radius 1 is 0.641 bits per heavy atom. The van der Waals surface area contributed by atoms with Gasteiger partial charge in [0, 0.05) is 60.6 Å². The van der Waals surface area contributed by atoms with Crippen molar-refractivity contribution in [3.8, 4) is 28.7 Å². The van der Waals surface area contributed by atoms with Gasteiger partial charge in [-0.1, -0.05) is 6.07 Å². The van der Waals surface area contributed by atoms with Gasteiger partial charge in [0.1, 0.15) is 35.0 Å². The maximum Gasteiger partial charge on any atom is 0.308 e. The predicted octanol–water partition coefficient (Wildman–Crippen LogP) is 2.49. The van der Waals surface area contributed by atoms with Crippen molar-refractivity contribution in [2.45, 2.75) is 129 Å². The van der Waals surface area contributed by atoms with Crippen molar-refractivity contribution in [3.63, 3.8) is 0 Å². The van der Waals surface area contributed by atoms with E-state index in [1.807, 2.05) is 0 Å². The molecule has 0 amide bonds. The van der Waals surface area contributed by atoms with Crippen molar-refractivity contribution in [2.75, 3.05) is 13.7 Å². The SMILES string of the molecule is COc1ccc(C2CC(=O)c3c(O)cc(OC4OC(COC5OC(C)C(OC(C)=O)C(OC(C)=O)C5OC(C)=O)C(OC(C)=O)C(OC(C)=O)C4OC(C)=O)cc3O2)cc1OC(C)=O. The van der Waals surface area contributed by atoms with E-state index in [0.717, 1.165) is 47.6 Å². The molecular formula is C42H48O22. The van der Waals surface area contributed by atoms with Crippen LogP contribution in [0.2, 0.25) is 0 Å². The van der Waals surface area contributed by atoms with E-state index in [9.17, 15) is 43.5 Å². The Morgan fingerprint density at radius 2 is 1.17 bits per heavy atom.